The fourth-order valence-corrected chi connectivity index (χ4v) is 5.60. The lowest BCUT2D eigenvalue weighted by molar-refractivity contribution is 0.609. The maximum Gasteiger partial charge on any atom is 0.106 e. The Hall–Kier alpha value is -0.620. The normalized spacial score (nSPS) is 17.9. The summed E-state index contributed by atoms with van der Waals surface area (Å²) in [6.07, 6.45) is 3.52. The minimum absolute atomic E-state index is 0.320. The fourth-order valence-electron chi connectivity index (χ4n) is 2.89. The Morgan fingerprint density at radius 2 is 2.29 bits per heavy atom. The van der Waals surface area contributed by atoms with Crippen LogP contribution in [-0.4, -0.2) is 4.98 Å². The number of aromatic nitrogens is 1. The topological polar surface area (TPSA) is 24.9 Å². The summed E-state index contributed by atoms with van der Waals surface area (Å²) in [5.41, 5.74) is 5.23. The Labute approximate surface area is 144 Å². The maximum absolute atomic E-state index is 6.41. The molecule has 2 nitrogen and oxygen atoms in total. The Kier molecular flexibility index (Phi) is 3.69. The minimum atomic E-state index is 0.320. The van der Waals surface area contributed by atoms with Gasteiger partial charge in [-0.3, -0.25) is 0 Å². The van der Waals surface area contributed by atoms with Gasteiger partial charge in [0.2, 0.25) is 0 Å². The third kappa shape index (κ3) is 2.50. The van der Waals surface area contributed by atoms with E-state index in [2.05, 4.69) is 32.3 Å². The predicted octanol–water partition coefficient (Wildman–Crippen LogP) is 6.26. The van der Waals surface area contributed by atoms with Gasteiger partial charge in [0.1, 0.15) is 5.52 Å². The van der Waals surface area contributed by atoms with E-state index in [0.29, 0.717) is 6.04 Å². The highest BCUT2D eigenvalue weighted by molar-refractivity contribution is 9.11. The lowest BCUT2D eigenvalue weighted by Gasteiger charge is -2.25. The molecular formula is C15H12BrClN2S2. The number of benzene rings is 1. The molecule has 6 heteroatoms. The van der Waals surface area contributed by atoms with Crippen molar-refractivity contribution < 1.29 is 0 Å². The number of thiophene rings is 1. The second kappa shape index (κ2) is 5.54. The van der Waals surface area contributed by atoms with Crippen molar-refractivity contribution in [2.45, 2.75) is 25.3 Å². The van der Waals surface area contributed by atoms with E-state index in [0.717, 1.165) is 22.6 Å². The quantitative estimate of drug-likeness (QED) is 0.550. The summed E-state index contributed by atoms with van der Waals surface area (Å²) in [7, 11) is 0. The number of halogens is 2. The van der Waals surface area contributed by atoms with Crippen molar-refractivity contribution in [1.82, 2.24) is 4.98 Å². The average molecular weight is 400 g/mol. The van der Waals surface area contributed by atoms with Crippen molar-refractivity contribution in [3.8, 4) is 0 Å². The van der Waals surface area contributed by atoms with Crippen LogP contribution in [0, 0.1) is 0 Å². The number of hydrogen-bond donors (Lipinski definition) is 1. The standard InChI is InChI=1S/C15H12BrClN2S2/c16-13-6-8-10(2-1-3-11(8)21-13)19-14-9(17)4-5-12-15(14)18-7-20-12/h4-7,10,19H,1-3H2. The molecule has 2 aromatic heterocycles. The second-order valence-corrected chi connectivity index (χ2v) is 8.95. The summed E-state index contributed by atoms with van der Waals surface area (Å²) >= 11 is 13.5. The zero-order chi connectivity index (χ0) is 14.4. The molecule has 1 unspecified atom stereocenters. The van der Waals surface area contributed by atoms with E-state index in [1.54, 1.807) is 11.3 Å². The molecule has 0 bridgehead atoms. The van der Waals surface area contributed by atoms with Crippen LogP contribution < -0.4 is 5.32 Å². The van der Waals surface area contributed by atoms with E-state index >= 15 is 0 Å². The Morgan fingerprint density at radius 1 is 1.38 bits per heavy atom. The summed E-state index contributed by atoms with van der Waals surface area (Å²) in [4.78, 5) is 5.95. The molecule has 21 heavy (non-hydrogen) atoms. The number of hydrogen-bond acceptors (Lipinski definition) is 4. The lowest BCUT2D eigenvalue weighted by Crippen LogP contribution is -2.16. The molecule has 1 aliphatic rings. The molecule has 1 atom stereocenters. The fraction of sp³-hybridized carbons (Fsp3) is 0.267. The predicted molar refractivity (Wildman–Crippen MR) is 96.0 cm³/mol. The van der Waals surface area contributed by atoms with Gasteiger partial charge in [-0.05, 0) is 59.0 Å². The average Bonchev–Trinajstić information content (AvgIpc) is 3.07. The van der Waals surface area contributed by atoms with E-state index < -0.39 is 0 Å². The second-order valence-electron chi connectivity index (χ2n) is 5.14. The third-order valence-corrected chi connectivity index (χ3v) is 6.68. The molecule has 0 radical (unpaired) electrons. The van der Waals surface area contributed by atoms with Gasteiger partial charge in [0.25, 0.3) is 0 Å². The summed E-state index contributed by atoms with van der Waals surface area (Å²) in [6.45, 7) is 0. The zero-order valence-electron chi connectivity index (χ0n) is 11.0. The number of anilines is 1. The van der Waals surface area contributed by atoms with Crippen LogP contribution in [0.1, 0.15) is 29.3 Å². The van der Waals surface area contributed by atoms with Gasteiger partial charge in [0.05, 0.1) is 30.7 Å². The SMILES string of the molecule is Clc1ccc2scnc2c1NC1CCCc2sc(Br)cc21. The number of nitrogens with one attached hydrogen (secondary N) is 1. The van der Waals surface area contributed by atoms with Crippen molar-refractivity contribution in [3.05, 3.63) is 43.0 Å². The molecule has 108 valence electrons. The molecule has 0 saturated heterocycles. The number of aryl methyl sites for hydroxylation is 1. The van der Waals surface area contributed by atoms with Gasteiger partial charge in [-0.2, -0.15) is 0 Å². The van der Waals surface area contributed by atoms with Gasteiger partial charge in [0, 0.05) is 4.88 Å². The molecule has 0 spiro atoms. The molecule has 0 amide bonds. The first-order valence-electron chi connectivity index (χ1n) is 6.79. The van der Waals surface area contributed by atoms with E-state index in [1.165, 1.54) is 31.8 Å². The van der Waals surface area contributed by atoms with Crippen LogP contribution in [0.2, 0.25) is 5.02 Å². The van der Waals surface area contributed by atoms with Crippen LogP contribution in [0.5, 0.6) is 0 Å². The molecule has 0 fully saturated rings. The smallest absolute Gasteiger partial charge is 0.106 e. The molecule has 2 heterocycles. The van der Waals surface area contributed by atoms with Crippen LogP contribution in [0.15, 0.2) is 27.5 Å². The largest absolute Gasteiger partial charge is 0.375 e. The number of rotatable bonds is 2. The van der Waals surface area contributed by atoms with Crippen LogP contribution in [0.25, 0.3) is 10.2 Å². The highest BCUT2D eigenvalue weighted by atomic mass is 79.9. The summed E-state index contributed by atoms with van der Waals surface area (Å²) in [5.74, 6) is 0. The molecule has 1 aromatic carbocycles. The van der Waals surface area contributed by atoms with Gasteiger partial charge in [-0.25, -0.2) is 4.98 Å². The summed E-state index contributed by atoms with van der Waals surface area (Å²) in [6, 6.07) is 6.55. The highest BCUT2D eigenvalue weighted by Gasteiger charge is 2.24. The molecular weight excluding hydrogens is 388 g/mol. The van der Waals surface area contributed by atoms with Gasteiger partial charge in [-0.1, -0.05) is 11.6 Å². The maximum atomic E-state index is 6.41. The van der Waals surface area contributed by atoms with E-state index in [1.807, 2.05) is 29.0 Å². The molecule has 3 aromatic rings. The molecule has 1 aliphatic carbocycles. The third-order valence-electron chi connectivity index (χ3n) is 3.85. The van der Waals surface area contributed by atoms with Crippen LogP contribution in [0.4, 0.5) is 5.69 Å². The summed E-state index contributed by atoms with van der Waals surface area (Å²) in [5, 5.41) is 4.39. The van der Waals surface area contributed by atoms with Gasteiger partial charge in [0.15, 0.2) is 0 Å². The van der Waals surface area contributed by atoms with Gasteiger partial charge < -0.3 is 5.32 Å². The molecule has 4 rings (SSSR count). The van der Waals surface area contributed by atoms with E-state index in [4.69, 9.17) is 11.6 Å². The number of thiazole rings is 1. The van der Waals surface area contributed by atoms with Crippen molar-refractivity contribution in [1.29, 1.82) is 0 Å². The van der Waals surface area contributed by atoms with Gasteiger partial charge in [-0.15, -0.1) is 22.7 Å². The first-order chi connectivity index (χ1) is 10.2. The van der Waals surface area contributed by atoms with Crippen molar-refractivity contribution in [3.63, 3.8) is 0 Å². The number of nitrogens with zero attached hydrogens (tertiary/aromatic N) is 1. The highest BCUT2D eigenvalue weighted by Crippen LogP contribution is 2.42. The van der Waals surface area contributed by atoms with Crippen molar-refractivity contribution in [2.24, 2.45) is 0 Å². The van der Waals surface area contributed by atoms with E-state index in [9.17, 15) is 0 Å². The summed E-state index contributed by atoms with van der Waals surface area (Å²) < 4.78 is 2.38. The van der Waals surface area contributed by atoms with Crippen LogP contribution >= 0.6 is 50.2 Å². The minimum Gasteiger partial charge on any atom is -0.375 e. The first kappa shape index (κ1) is 14.0. The molecule has 0 saturated carbocycles. The van der Waals surface area contributed by atoms with Crippen LogP contribution in [-0.2, 0) is 6.42 Å². The molecule has 0 aliphatic heterocycles. The first-order valence-corrected chi connectivity index (χ1v) is 9.65. The number of fused-ring (bicyclic) bond motifs is 2. The Balaban J connectivity index is 1.75. The monoisotopic (exact) mass is 398 g/mol. The lowest BCUT2D eigenvalue weighted by atomic mass is 9.94. The van der Waals surface area contributed by atoms with Gasteiger partial charge >= 0.3 is 0 Å². The van der Waals surface area contributed by atoms with Crippen molar-refractivity contribution in [2.75, 3.05) is 5.32 Å². The van der Waals surface area contributed by atoms with E-state index in [-0.39, 0.29) is 0 Å². The molecule has 1 N–H and O–H groups in total. The Morgan fingerprint density at radius 3 is 3.19 bits per heavy atom. The Bertz CT molecular complexity index is 811. The van der Waals surface area contributed by atoms with Crippen molar-refractivity contribution >= 4 is 66.1 Å². The van der Waals surface area contributed by atoms with Crippen LogP contribution in [0.3, 0.4) is 0 Å². The zero-order valence-corrected chi connectivity index (χ0v) is 15.0.